The maximum atomic E-state index is 5.90. The van der Waals surface area contributed by atoms with Gasteiger partial charge in [0.05, 0.1) is 12.3 Å². The van der Waals surface area contributed by atoms with Crippen LogP contribution in [0.2, 0.25) is 0 Å². The van der Waals surface area contributed by atoms with E-state index in [1.54, 1.807) is 6.26 Å². The number of nitrogens with one attached hydrogen (secondary N) is 1. The Morgan fingerprint density at radius 1 is 1.16 bits per heavy atom. The molecule has 4 nitrogen and oxygen atoms in total. The summed E-state index contributed by atoms with van der Waals surface area (Å²) in [5.74, 6) is 6.88. The molecule has 0 aromatic carbocycles. The van der Waals surface area contributed by atoms with Gasteiger partial charge in [-0.15, -0.1) is 0 Å². The van der Waals surface area contributed by atoms with Crippen molar-refractivity contribution in [3.63, 3.8) is 0 Å². The summed E-state index contributed by atoms with van der Waals surface area (Å²) in [7, 11) is 0. The van der Waals surface area contributed by atoms with Gasteiger partial charge in [-0.1, -0.05) is 19.3 Å². The normalized spacial score (nSPS) is 25.5. The van der Waals surface area contributed by atoms with E-state index >= 15 is 0 Å². The van der Waals surface area contributed by atoms with E-state index in [0.29, 0.717) is 0 Å². The molecule has 1 saturated heterocycles. The lowest BCUT2D eigenvalue weighted by Crippen LogP contribution is -2.57. The summed E-state index contributed by atoms with van der Waals surface area (Å²) in [4.78, 5) is 2.68. The van der Waals surface area contributed by atoms with Gasteiger partial charge in [-0.05, 0) is 50.9 Å². The molecule has 0 spiro atoms. The Labute approximate surface area is 115 Å². The first-order valence-electron chi connectivity index (χ1n) is 7.61. The topological polar surface area (TPSA) is 54.4 Å². The van der Waals surface area contributed by atoms with Crippen LogP contribution >= 0.6 is 0 Å². The van der Waals surface area contributed by atoms with E-state index in [0.717, 1.165) is 5.76 Å². The molecule has 0 bridgehead atoms. The zero-order valence-corrected chi connectivity index (χ0v) is 11.6. The van der Waals surface area contributed by atoms with Crippen LogP contribution in [0, 0.1) is 0 Å². The van der Waals surface area contributed by atoms with Gasteiger partial charge in [-0.2, -0.15) is 0 Å². The number of nitrogens with zero attached hydrogens (tertiary/aromatic N) is 1. The minimum atomic E-state index is 0.114. The molecule has 1 aromatic rings. The largest absolute Gasteiger partial charge is 0.468 e. The standard InChI is InChI=1S/C15H25N3O/c16-17-14(13-7-6-12-19-13)15(8-2-3-9-15)18-10-4-1-5-11-18/h6-7,12,14,17H,1-5,8-11,16H2. The third-order valence-corrected chi connectivity index (χ3v) is 4.99. The van der Waals surface area contributed by atoms with Gasteiger partial charge in [0.15, 0.2) is 0 Å². The molecule has 0 amide bonds. The molecule has 2 aliphatic rings. The fraction of sp³-hybridized carbons (Fsp3) is 0.733. The summed E-state index contributed by atoms with van der Waals surface area (Å²) in [5, 5.41) is 0. The Morgan fingerprint density at radius 2 is 1.89 bits per heavy atom. The lowest BCUT2D eigenvalue weighted by molar-refractivity contribution is 0.0294. The third-order valence-electron chi connectivity index (χ3n) is 4.99. The highest BCUT2D eigenvalue weighted by Gasteiger charge is 2.47. The van der Waals surface area contributed by atoms with Crippen molar-refractivity contribution in [2.24, 2.45) is 5.84 Å². The summed E-state index contributed by atoms with van der Waals surface area (Å²) in [6.45, 7) is 2.41. The minimum absolute atomic E-state index is 0.114. The maximum Gasteiger partial charge on any atom is 0.123 e. The lowest BCUT2D eigenvalue weighted by atomic mass is 9.83. The number of hydrogen-bond acceptors (Lipinski definition) is 4. The first-order valence-corrected chi connectivity index (χ1v) is 7.61. The second-order valence-electron chi connectivity index (χ2n) is 5.97. The summed E-state index contributed by atoms with van der Waals surface area (Å²) in [6, 6.07) is 4.12. The van der Waals surface area contributed by atoms with Crippen molar-refractivity contribution in [3.8, 4) is 0 Å². The van der Waals surface area contributed by atoms with E-state index in [1.807, 2.05) is 6.07 Å². The smallest absolute Gasteiger partial charge is 0.123 e. The van der Waals surface area contributed by atoms with Crippen LogP contribution < -0.4 is 11.3 Å². The van der Waals surface area contributed by atoms with Crippen molar-refractivity contribution in [3.05, 3.63) is 24.2 Å². The van der Waals surface area contributed by atoms with Crippen LogP contribution in [0.3, 0.4) is 0 Å². The Hall–Kier alpha value is -0.840. The van der Waals surface area contributed by atoms with Crippen LogP contribution in [-0.2, 0) is 0 Å². The molecule has 19 heavy (non-hydrogen) atoms. The summed E-state index contributed by atoms with van der Waals surface area (Å²) < 4.78 is 5.65. The first kappa shape index (κ1) is 13.2. The van der Waals surface area contributed by atoms with E-state index in [9.17, 15) is 0 Å². The summed E-state index contributed by atoms with van der Waals surface area (Å²) in [6.07, 6.45) is 10.8. The van der Waals surface area contributed by atoms with Crippen LogP contribution in [0.4, 0.5) is 0 Å². The molecular weight excluding hydrogens is 238 g/mol. The number of nitrogens with two attached hydrogens (primary N) is 1. The predicted octanol–water partition coefficient (Wildman–Crippen LogP) is 2.58. The predicted molar refractivity (Wildman–Crippen MR) is 75.4 cm³/mol. The molecule has 1 aliphatic heterocycles. The van der Waals surface area contributed by atoms with E-state index < -0.39 is 0 Å². The first-order chi connectivity index (χ1) is 9.37. The average molecular weight is 263 g/mol. The van der Waals surface area contributed by atoms with Crippen molar-refractivity contribution in [1.82, 2.24) is 10.3 Å². The van der Waals surface area contributed by atoms with Gasteiger partial charge in [0.2, 0.25) is 0 Å². The molecular formula is C15H25N3O. The van der Waals surface area contributed by atoms with Gasteiger partial charge >= 0.3 is 0 Å². The number of furan rings is 1. The van der Waals surface area contributed by atoms with Gasteiger partial charge in [0.25, 0.3) is 0 Å². The molecule has 0 radical (unpaired) electrons. The van der Waals surface area contributed by atoms with Crippen molar-refractivity contribution < 1.29 is 4.42 Å². The minimum Gasteiger partial charge on any atom is -0.468 e. The molecule has 1 saturated carbocycles. The second kappa shape index (κ2) is 5.65. The Morgan fingerprint density at radius 3 is 2.47 bits per heavy atom. The molecule has 1 unspecified atom stereocenters. The molecule has 2 heterocycles. The Kier molecular flexibility index (Phi) is 3.91. The van der Waals surface area contributed by atoms with Crippen LogP contribution in [0.15, 0.2) is 22.8 Å². The van der Waals surface area contributed by atoms with Crippen LogP contribution in [0.5, 0.6) is 0 Å². The lowest BCUT2D eigenvalue weighted by Gasteiger charge is -2.47. The monoisotopic (exact) mass is 263 g/mol. The summed E-state index contributed by atoms with van der Waals surface area (Å²) >= 11 is 0. The van der Waals surface area contributed by atoms with E-state index in [2.05, 4.69) is 16.4 Å². The highest BCUT2D eigenvalue weighted by Crippen LogP contribution is 2.45. The fourth-order valence-corrected chi connectivity index (χ4v) is 4.07. The van der Waals surface area contributed by atoms with E-state index in [4.69, 9.17) is 10.3 Å². The number of hydrogen-bond donors (Lipinski definition) is 2. The second-order valence-corrected chi connectivity index (χ2v) is 5.97. The molecule has 1 aliphatic carbocycles. The van der Waals surface area contributed by atoms with Gasteiger partial charge in [-0.3, -0.25) is 10.7 Å². The van der Waals surface area contributed by atoms with Crippen LogP contribution in [0.1, 0.15) is 56.7 Å². The quantitative estimate of drug-likeness (QED) is 0.647. The highest BCUT2D eigenvalue weighted by atomic mass is 16.3. The number of piperidine rings is 1. The average Bonchev–Trinajstić information content (AvgIpc) is 3.13. The van der Waals surface area contributed by atoms with E-state index in [1.165, 1.54) is 58.0 Å². The highest BCUT2D eigenvalue weighted by molar-refractivity contribution is 5.15. The zero-order chi connectivity index (χ0) is 13.1. The number of likely N-dealkylation sites (tertiary alicyclic amines) is 1. The number of rotatable bonds is 4. The molecule has 3 rings (SSSR count). The zero-order valence-electron chi connectivity index (χ0n) is 11.6. The molecule has 1 atom stereocenters. The van der Waals surface area contributed by atoms with E-state index in [-0.39, 0.29) is 11.6 Å². The summed E-state index contributed by atoms with van der Waals surface area (Å²) in [5.41, 5.74) is 3.21. The molecule has 4 heteroatoms. The molecule has 3 N–H and O–H groups in total. The molecule has 106 valence electrons. The van der Waals surface area contributed by atoms with Crippen molar-refractivity contribution in [2.75, 3.05) is 13.1 Å². The number of hydrazine groups is 1. The maximum absolute atomic E-state index is 5.90. The van der Waals surface area contributed by atoms with Crippen LogP contribution in [0.25, 0.3) is 0 Å². The van der Waals surface area contributed by atoms with Crippen molar-refractivity contribution in [1.29, 1.82) is 0 Å². The Balaban J connectivity index is 1.89. The Bertz CT molecular complexity index is 378. The van der Waals surface area contributed by atoms with Crippen LogP contribution in [-0.4, -0.2) is 23.5 Å². The SMILES string of the molecule is NNC(c1ccco1)C1(N2CCCCC2)CCCC1. The molecule has 2 fully saturated rings. The van der Waals surface area contributed by atoms with Crippen molar-refractivity contribution >= 4 is 0 Å². The van der Waals surface area contributed by atoms with Gasteiger partial charge < -0.3 is 4.42 Å². The van der Waals surface area contributed by atoms with Crippen molar-refractivity contribution in [2.45, 2.75) is 56.5 Å². The fourth-order valence-electron chi connectivity index (χ4n) is 4.07. The van der Waals surface area contributed by atoms with Gasteiger partial charge in [0, 0.05) is 5.54 Å². The van der Waals surface area contributed by atoms with Gasteiger partial charge in [-0.25, -0.2) is 5.43 Å². The third kappa shape index (κ3) is 2.33. The molecule has 1 aromatic heterocycles. The van der Waals surface area contributed by atoms with Gasteiger partial charge in [0.1, 0.15) is 5.76 Å².